The number of thioether (sulfide) groups is 1. The van der Waals surface area contributed by atoms with Crippen LogP contribution in [0.25, 0.3) is 0 Å². The molecular weight excluding hydrogens is 365 g/mol. The van der Waals surface area contributed by atoms with Gasteiger partial charge in [0.25, 0.3) is 5.91 Å². The number of hydrogen-bond acceptors (Lipinski definition) is 4. The zero-order chi connectivity index (χ0) is 19.2. The molecule has 0 aliphatic carbocycles. The summed E-state index contributed by atoms with van der Waals surface area (Å²) in [5.74, 6) is -0.551. The molecule has 142 valence electrons. The Balaban J connectivity index is 1.48. The lowest BCUT2D eigenvalue weighted by Crippen LogP contribution is -2.50. The highest BCUT2D eigenvalue weighted by molar-refractivity contribution is 7.98. The number of halogens is 1. The molecule has 3 rings (SSSR count). The zero-order valence-electron chi connectivity index (χ0n) is 15.2. The number of hydrogen-bond donors (Lipinski definition) is 1. The van der Waals surface area contributed by atoms with Crippen LogP contribution in [-0.4, -0.2) is 60.6 Å². The molecule has 1 heterocycles. The summed E-state index contributed by atoms with van der Waals surface area (Å²) >= 11 is 1.64. The molecule has 0 saturated carbocycles. The summed E-state index contributed by atoms with van der Waals surface area (Å²) in [4.78, 5) is 29.7. The zero-order valence-corrected chi connectivity index (χ0v) is 16.0. The molecule has 7 heteroatoms. The van der Waals surface area contributed by atoms with Crippen molar-refractivity contribution in [2.45, 2.75) is 4.90 Å². The number of rotatable bonds is 5. The lowest BCUT2D eigenvalue weighted by atomic mass is 10.2. The van der Waals surface area contributed by atoms with E-state index >= 15 is 0 Å². The van der Waals surface area contributed by atoms with Crippen LogP contribution in [0, 0.1) is 5.82 Å². The predicted molar refractivity (Wildman–Crippen MR) is 106 cm³/mol. The van der Waals surface area contributed by atoms with Crippen molar-refractivity contribution in [2.75, 3.05) is 44.3 Å². The van der Waals surface area contributed by atoms with E-state index in [0.29, 0.717) is 37.4 Å². The van der Waals surface area contributed by atoms with Gasteiger partial charge in [0, 0.05) is 42.3 Å². The fraction of sp³-hybridized carbons (Fsp3) is 0.300. The average Bonchev–Trinajstić information content (AvgIpc) is 2.68. The minimum atomic E-state index is -0.384. The van der Waals surface area contributed by atoms with Gasteiger partial charge in [0.05, 0.1) is 6.54 Å². The van der Waals surface area contributed by atoms with E-state index in [1.165, 1.54) is 12.1 Å². The fourth-order valence-electron chi connectivity index (χ4n) is 3.00. The van der Waals surface area contributed by atoms with Crippen molar-refractivity contribution in [2.24, 2.45) is 0 Å². The van der Waals surface area contributed by atoms with Crippen molar-refractivity contribution in [3.05, 3.63) is 59.9 Å². The van der Waals surface area contributed by atoms with Crippen LogP contribution in [0.4, 0.5) is 10.1 Å². The van der Waals surface area contributed by atoms with Crippen molar-refractivity contribution in [3.63, 3.8) is 0 Å². The van der Waals surface area contributed by atoms with Crippen LogP contribution in [0.5, 0.6) is 0 Å². The molecule has 2 amide bonds. The first-order valence-corrected chi connectivity index (χ1v) is 9.99. The summed E-state index contributed by atoms with van der Waals surface area (Å²) in [6.45, 7) is 2.64. The van der Waals surface area contributed by atoms with Gasteiger partial charge < -0.3 is 10.2 Å². The van der Waals surface area contributed by atoms with Crippen molar-refractivity contribution in [3.8, 4) is 0 Å². The number of carbonyl (C=O) groups is 2. The topological polar surface area (TPSA) is 52.7 Å². The summed E-state index contributed by atoms with van der Waals surface area (Å²) in [7, 11) is 0. The molecule has 2 aromatic carbocycles. The second-order valence-electron chi connectivity index (χ2n) is 6.36. The molecule has 2 aromatic rings. The molecule has 0 atom stereocenters. The monoisotopic (exact) mass is 387 g/mol. The number of nitrogens with zero attached hydrogens (tertiary/aromatic N) is 2. The number of nitrogens with one attached hydrogen (secondary N) is 1. The van der Waals surface area contributed by atoms with Gasteiger partial charge in [0.1, 0.15) is 5.82 Å². The molecule has 0 spiro atoms. The maximum absolute atomic E-state index is 13.2. The fourth-order valence-corrected chi connectivity index (χ4v) is 3.40. The van der Waals surface area contributed by atoms with Crippen molar-refractivity contribution < 1.29 is 14.0 Å². The Morgan fingerprint density at radius 1 is 1.07 bits per heavy atom. The molecule has 5 nitrogen and oxygen atoms in total. The third-order valence-electron chi connectivity index (χ3n) is 4.47. The van der Waals surface area contributed by atoms with Gasteiger partial charge >= 0.3 is 0 Å². The Labute approximate surface area is 162 Å². The minimum absolute atomic E-state index is 0.0199. The van der Waals surface area contributed by atoms with Gasteiger partial charge in [-0.2, -0.15) is 0 Å². The van der Waals surface area contributed by atoms with Gasteiger partial charge in [-0.05, 0) is 48.7 Å². The quantitative estimate of drug-likeness (QED) is 0.802. The van der Waals surface area contributed by atoms with E-state index < -0.39 is 0 Å². The first-order chi connectivity index (χ1) is 13.0. The Morgan fingerprint density at radius 3 is 2.41 bits per heavy atom. The highest BCUT2D eigenvalue weighted by Crippen LogP contribution is 2.16. The first kappa shape index (κ1) is 19.4. The summed E-state index contributed by atoms with van der Waals surface area (Å²) in [5, 5.41) is 2.70. The molecule has 0 unspecified atom stereocenters. The number of amides is 2. The highest BCUT2D eigenvalue weighted by atomic mass is 32.2. The third kappa shape index (κ3) is 5.30. The third-order valence-corrected chi connectivity index (χ3v) is 5.22. The van der Waals surface area contributed by atoms with E-state index in [0.717, 1.165) is 4.90 Å². The SMILES string of the molecule is CSc1ccc(C(=O)N2CCN(CC(=O)Nc3cccc(F)c3)CC2)cc1. The molecule has 27 heavy (non-hydrogen) atoms. The van der Waals surface area contributed by atoms with Crippen molar-refractivity contribution >= 4 is 29.3 Å². The molecule has 1 saturated heterocycles. The first-order valence-electron chi connectivity index (χ1n) is 8.76. The second kappa shape index (κ2) is 9.01. The van der Waals surface area contributed by atoms with Crippen LogP contribution in [0.15, 0.2) is 53.4 Å². The van der Waals surface area contributed by atoms with Crippen LogP contribution in [-0.2, 0) is 4.79 Å². The van der Waals surface area contributed by atoms with E-state index in [1.54, 1.807) is 23.9 Å². The lowest BCUT2D eigenvalue weighted by Gasteiger charge is -2.34. The van der Waals surface area contributed by atoms with Crippen molar-refractivity contribution in [1.29, 1.82) is 0 Å². The molecule has 0 bridgehead atoms. The van der Waals surface area contributed by atoms with Gasteiger partial charge in [-0.15, -0.1) is 11.8 Å². The van der Waals surface area contributed by atoms with Crippen LogP contribution in [0.1, 0.15) is 10.4 Å². The van der Waals surface area contributed by atoms with Crippen LogP contribution in [0.3, 0.4) is 0 Å². The van der Waals surface area contributed by atoms with Gasteiger partial charge in [0.2, 0.25) is 5.91 Å². The van der Waals surface area contributed by atoms with Gasteiger partial charge in [0.15, 0.2) is 0 Å². The summed E-state index contributed by atoms with van der Waals surface area (Å²) in [6.07, 6.45) is 2.00. The van der Waals surface area contributed by atoms with Crippen LogP contribution >= 0.6 is 11.8 Å². The maximum atomic E-state index is 13.2. The Morgan fingerprint density at radius 2 is 1.78 bits per heavy atom. The molecule has 0 aromatic heterocycles. The van der Waals surface area contributed by atoms with Crippen molar-refractivity contribution in [1.82, 2.24) is 9.80 Å². The van der Waals surface area contributed by atoms with Crippen LogP contribution in [0.2, 0.25) is 0 Å². The minimum Gasteiger partial charge on any atom is -0.336 e. The molecule has 1 N–H and O–H groups in total. The molecule has 1 aliphatic heterocycles. The number of carbonyl (C=O) groups excluding carboxylic acids is 2. The Bertz CT molecular complexity index is 805. The average molecular weight is 387 g/mol. The van der Waals surface area contributed by atoms with Gasteiger partial charge in [-0.25, -0.2) is 4.39 Å². The smallest absolute Gasteiger partial charge is 0.253 e. The molecule has 1 fully saturated rings. The summed E-state index contributed by atoms with van der Waals surface area (Å²) in [5.41, 5.74) is 1.13. The second-order valence-corrected chi connectivity index (χ2v) is 7.24. The Hall–Kier alpha value is -2.38. The number of anilines is 1. The normalized spacial score (nSPS) is 14.8. The number of benzene rings is 2. The van der Waals surface area contributed by atoms with E-state index in [2.05, 4.69) is 5.32 Å². The standard InChI is InChI=1S/C20H22FN3O2S/c1-27-18-7-5-15(6-8-18)20(26)24-11-9-23(10-12-24)14-19(25)22-17-4-2-3-16(21)13-17/h2-8,13H,9-12,14H2,1H3,(H,22,25). The van der Waals surface area contributed by atoms with Gasteiger partial charge in [-0.3, -0.25) is 14.5 Å². The van der Waals surface area contributed by atoms with E-state index in [1.807, 2.05) is 40.3 Å². The highest BCUT2D eigenvalue weighted by Gasteiger charge is 2.23. The summed E-state index contributed by atoms with van der Waals surface area (Å²) in [6, 6.07) is 13.4. The number of piperazine rings is 1. The molecule has 0 radical (unpaired) electrons. The molecule has 1 aliphatic rings. The lowest BCUT2D eigenvalue weighted by molar-refractivity contribution is -0.117. The largest absolute Gasteiger partial charge is 0.336 e. The van der Waals surface area contributed by atoms with Gasteiger partial charge in [-0.1, -0.05) is 6.07 Å². The predicted octanol–water partition coefficient (Wildman–Crippen LogP) is 2.94. The van der Waals surface area contributed by atoms with E-state index in [-0.39, 0.29) is 24.2 Å². The van der Waals surface area contributed by atoms with E-state index in [4.69, 9.17) is 0 Å². The Kier molecular flexibility index (Phi) is 6.47. The van der Waals surface area contributed by atoms with Crippen LogP contribution < -0.4 is 5.32 Å². The summed E-state index contributed by atoms with van der Waals surface area (Å²) < 4.78 is 13.2. The van der Waals surface area contributed by atoms with E-state index in [9.17, 15) is 14.0 Å². The maximum Gasteiger partial charge on any atom is 0.253 e. The molecular formula is C20H22FN3O2S.